The number of halogens is 1. The molecule has 2 aromatic rings. The van der Waals surface area contributed by atoms with Crippen molar-refractivity contribution in [3.8, 4) is 5.75 Å². The molecule has 0 saturated heterocycles. The van der Waals surface area contributed by atoms with E-state index < -0.39 is 9.84 Å². The van der Waals surface area contributed by atoms with Gasteiger partial charge in [0.2, 0.25) is 9.84 Å². The minimum Gasteiger partial charge on any atom is -0.452 e. The highest BCUT2D eigenvalue weighted by Gasteiger charge is 2.30. The maximum absolute atomic E-state index is 13.5. The van der Waals surface area contributed by atoms with E-state index in [4.69, 9.17) is 4.74 Å². The molecule has 0 fully saturated rings. The summed E-state index contributed by atoms with van der Waals surface area (Å²) in [6.45, 7) is 14.8. The highest BCUT2D eigenvalue weighted by atomic mass is 35.5. The van der Waals surface area contributed by atoms with Crippen molar-refractivity contribution in [3.63, 3.8) is 0 Å². The molecule has 0 radical (unpaired) electrons. The van der Waals surface area contributed by atoms with Crippen molar-refractivity contribution in [1.29, 1.82) is 0 Å². The van der Waals surface area contributed by atoms with Gasteiger partial charge in [0.15, 0.2) is 16.3 Å². The molecule has 188 valence electrons. The second-order valence-corrected chi connectivity index (χ2v) is 8.86. The van der Waals surface area contributed by atoms with Crippen LogP contribution < -0.4 is 4.74 Å². The van der Waals surface area contributed by atoms with Crippen LogP contribution in [0.1, 0.15) is 39.1 Å². The summed E-state index contributed by atoms with van der Waals surface area (Å²) < 4.78 is 34.4. The first-order valence-corrected chi connectivity index (χ1v) is 14.0. The van der Waals surface area contributed by atoms with Crippen LogP contribution in [0.5, 0.6) is 5.75 Å². The van der Waals surface area contributed by atoms with Crippen LogP contribution in [-0.2, 0) is 9.84 Å². The van der Waals surface area contributed by atoms with Gasteiger partial charge in [-0.05, 0) is 52.2 Å². The van der Waals surface area contributed by atoms with Crippen LogP contribution in [0, 0.1) is 13.8 Å². The maximum Gasteiger partial charge on any atom is 0.213 e. The van der Waals surface area contributed by atoms with Gasteiger partial charge in [-0.2, -0.15) is 5.10 Å². The summed E-state index contributed by atoms with van der Waals surface area (Å²) in [7, 11) is -2.22. The second-order valence-electron chi connectivity index (χ2n) is 6.17. The lowest BCUT2D eigenvalue weighted by atomic mass is 10.3. The third kappa shape index (κ3) is 7.07. The van der Waals surface area contributed by atoms with Gasteiger partial charge in [0.05, 0.1) is 22.5 Å². The molecular formula is C24H35ClN4O3S2. The van der Waals surface area contributed by atoms with E-state index >= 15 is 0 Å². The molecule has 0 aliphatic heterocycles. The van der Waals surface area contributed by atoms with Crippen molar-refractivity contribution in [1.82, 2.24) is 14.6 Å². The van der Waals surface area contributed by atoms with Crippen LogP contribution in [0.25, 0.3) is 5.65 Å². The Kier molecular flexibility index (Phi) is 14.4. The molecular weight excluding hydrogens is 492 g/mol. The summed E-state index contributed by atoms with van der Waals surface area (Å²) in [5.41, 5.74) is 1.44. The summed E-state index contributed by atoms with van der Waals surface area (Å²) in [5.74, 6) is 1.06. The number of alkyl halides is 1. The van der Waals surface area contributed by atoms with Gasteiger partial charge in [-0.15, -0.1) is 23.4 Å². The van der Waals surface area contributed by atoms with Crippen LogP contribution in [0.15, 0.2) is 62.5 Å². The normalized spacial score (nSPS) is 12.4. The molecule has 0 saturated carbocycles. The van der Waals surface area contributed by atoms with E-state index in [1.807, 2.05) is 27.7 Å². The first-order chi connectivity index (χ1) is 16.3. The molecule has 0 unspecified atom stereocenters. The van der Waals surface area contributed by atoms with Gasteiger partial charge in [0, 0.05) is 13.4 Å². The van der Waals surface area contributed by atoms with E-state index in [1.54, 1.807) is 45.5 Å². The molecule has 0 aliphatic carbocycles. The van der Waals surface area contributed by atoms with Crippen molar-refractivity contribution in [2.45, 2.75) is 51.5 Å². The fraction of sp³-hybridized carbons (Fsp3) is 0.375. The largest absolute Gasteiger partial charge is 0.452 e. The molecule has 0 bridgehead atoms. The van der Waals surface area contributed by atoms with Gasteiger partial charge in [-0.25, -0.2) is 17.9 Å². The van der Waals surface area contributed by atoms with Crippen molar-refractivity contribution in [2.24, 2.45) is 4.99 Å². The number of sulfone groups is 1. The fourth-order valence-corrected chi connectivity index (χ4v) is 5.32. The minimum atomic E-state index is -3.87. The minimum absolute atomic E-state index is 0.0697. The Bertz CT molecular complexity index is 1190. The Morgan fingerprint density at radius 3 is 2.32 bits per heavy atom. The smallest absolute Gasteiger partial charge is 0.213 e. The van der Waals surface area contributed by atoms with E-state index in [2.05, 4.69) is 33.3 Å². The third-order valence-electron chi connectivity index (χ3n) is 4.18. The van der Waals surface area contributed by atoms with E-state index in [0.29, 0.717) is 27.9 Å². The molecule has 0 atom stereocenters. The zero-order chi connectivity index (χ0) is 26.5. The molecule has 0 amide bonds. The molecule has 0 aliphatic rings. The summed E-state index contributed by atoms with van der Waals surface area (Å²) in [6, 6.07) is 0. The van der Waals surface area contributed by atoms with Crippen molar-refractivity contribution in [2.75, 3.05) is 19.7 Å². The summed E-state index contributed by atoms with van der Waals surface area (Å²) >= 11 is 5.89. The quantitative estimate of drug-likeness (QED) is 0.131. The Morgan fingerprint density at radius 1 is 1.24 bits per heavy atom. The first-order valence-electron chi connectivity index (χ1n) is 10.5. The lowest BCUT2D eigenvalue weighted by Crippen LogP contribution is -2.08. The number of fused-ring (bicyclic) bond motifs is 1. The van der Waals surface area contributed by atoms with Gasteiger partial charge in [-0.3, -0.25) is 4.99 Å². The van der Waals surface area contributed by atoms with Gasteiger partial charge in [-0.1, -0.05) is 32.6 Å². The predicted octanol–water partition coefficient (Wildman–Crippen LogP) is 6.35. The number of aliphatic imine (C=N–C) groups is 1. The maximum atomic E-state index is 13.5. The Hall–Kier alpha value is -2.36. The Morgan fingerprint density at radius 2 is 1.85 bits per heavy atom. The average Bonchev–Trinajstić information content (AvgIpc) is 3.22. The number of rotatable bonds is 8. The summed E-state index contributed by atoms with van der Waals surface area (Å²) in [6.07, 6.45) is 12.7. The van der Waals surface area contributed by atoms with E-state index in [0.717, 1.165) is 0 Å². The van der Waals surface area contributed by atoms with Crippen molar-refractivity contribution < 1.29 is 13.2 Å². The number of hydrogen-bond donors (Lipinski definition) is 0. The van der Waals surface area contributed by atoms with Crippen molar-refractivity contribution >= 4 is 45.1 Å². The van der Waals surface area contributed by atoms with Crippen LogP contribution >= 0.6 is 23.4 Å². The molecule has 2 aromatic heterocycles. The van der Waals surface area contributed by atoms with Crippen LogP contribution in [0.2, 0.25) is 0 Å². The number of allylic oxidation sites excluding steroid dienone is 6. The van der Waals surface area contributed by atoms with Gasteiger partial charge in [0.1, 0.15) is 10.8 Å². The molecule has 2 heterocycles. The predicted molar refractivity (Wildman–Crippen MR) is 146 cm³/mol. The van der Waals surface area contributed by atoms with Crippen LogP contribution in [-0.4, -0.2) is 48.9 Å². The molecule has 0 aromatic carbocycles. The van der Waals surface area contributed by atoms with Gasteiger partial charge < -0.3 is 4.74 Å². The lowest BCUT2D eigenvalue weighted by molar-refractivity contribution is 0.440. The third-order valence-corrected chi connectivity index (χ3v) is 6.79. The number of ether oxygens (including phenoxy) is 1. The SMILES string of the molecule is C=C/C=C(\C=C/C)S(=O)(=O)c1c(SC)nn2c(C)c(O/C(C=NC)=C/C)c(C)nc12.CC.CCl. The molecule has 10 heteroatoms. The first kappa shape index (κ1) is 31.6. The monoisotopic (exact) mass is 526 g/mol. The topological polar surface area (TPSA) is 85.9 Å². The lowest BCUT2D eigenvalue weighted by Gasteiger charge is -2.13. The molecule has 7 nitrogen and oxygen atoms in total. The highest BCUT2D eigenvalue weighted by Crippen LogP contribution is 2.35. The van der Waals surface area contributed by atoms with Gasteiger partial charge >= 0.3 is 0 Å². The molecule has 0 spiro atoms. The molecule has 2 rings (SSSR count). The van der Waals surface area contributed by atoms with Crippen LogP contribution in [0.3, 0.4) is 0 Å². The number of aryl methyl sites for hydroxylation is 2. The van der Waals surface area contributed by atoms with E-state index in [1.165, 1.54) is 40.9 Å². The van der Waals surface area contributed by atoms with Crippen molar-refractivity contribution in [3.05, 3.63) is 59.0 Å². The zero-order valence-corrected chi connectivity index (χ0v) is 23.8. The zero-order valence-electron chi connectivity index (χ0n) is 21.4. The number of thioether (sulfide) groups is 1. The Balaban J connectivity index is 0.00000258. The second kappa shape index (κ2) is 15.5. The number of hydrogen-bond acceptors (Lipinski definition) is 7. The van der Waals surface area contributed by atoms with E-state index in [-0.39, 0.29) is 15.4 Å². The summed E-state index contributed by atoms with van der Waals surface area (Å²) in [4.78, 5) is 8.73. The number of nitrogens with zero attached hydrogens (tertiary/aromatic N) is 4. The van der Waals surface area contributed by atoms with Gasteiger partial charge in [0.25, 0.3) is 0 Å². The summed E-state index contributed by atoms with van der Waals surface area (Å²) in [5, 5.41) is 4.87. The highest BCUT2D eigenvalue weighted by molar-refractivity contribution is 8.00. The molecule has 34 heavy (non-hydrogen) atoms. The average molecular weight is 527 g/mol. The van der Waals surface area contributed by atoms with E-state index in [9.17, 15) is 8.42 Å². The fourth-order valence-electron chi connectivity index (χ4n) is 2.83. The molecule has 0 N–H and O–H groups in total. The Labute approximate surface area is 213 Å². The van der Waals surface area contributed by atoms with Crippen LogP contribution in [0.4, 0.5) is 0 Å². The number of aromatic nitrogens is 3. The standard InChI is InChI=1S/C21H26N4O3S2.C2H6.CH3Cl/c1-8-11-17(12-9-2)30(26,27)19-20-23-14(4)18(28-16(10-3)13-22-6)15(5)25(20)24-21(19)29-7;2*1-2/h8-13H,1H2,2-7H3;1-2H3;1H3/b12-9-,16-10+,17-11+,22-13?;;.